The van der Waals surface area contributed by atoms with Gasteiger partial charge in [0.05, 0.1) is 10.6 Å². The predicted octanol–water partition coefficient (Wildman–Crippen LogP) is 2.63. The van der Waals surface area contributed by atoms with Crippen LogP contribution in [0, 0.1) is 16.0 Å². The third-order valence-corrected chi connectivity index (χ3v) is 4.71. The summed E-state index contributed by atoms with van der Waals surface area (Å²) in [5.41, 5.74) is 1.52. The summed E-state index contributed by atoms with van der Waals surface area (Å²) in [4.78, 5) is 29.1. The molecule has 1 aliphatic rings. The Balaban J connectivity index is 1.42. The van der Waals surface area contributed by atoms with Crippen LogP contribution in [0.5, 0.6) is 0 Å². The Morgan fingerprint density at radius 2 is 1.92 bits per heavy atom. The molecule has 7 nitrogen and oxygen atoms in total. The number of benzene rings is 1. The average molecular weight is 354 g/mol. The van der Waals surface area contributed by atoms with E-state index in [4.69, 9.17) is 0 Å². The van der Waals surface area contributed by atoms with Gasteiger partial charge in [0.15, 0.2) is 0 Å². The van der Waals surface area contributed by atoms with Gasteiger partial charge >= 0.3 is 0 Å². The Morgan fingerprint density at radius 3 is 2.54 bits per heavy atom. The van der Waals surface area contributed by atoms with Gasteiger partial charge in [0.2, 0.25) is 0 Å². The van der Waals surface area contributed by atoms with Crippen LogP contribution in [0.4, 0.5) is 5.69 Å². The van der Waals surface area contributed by atoms with Gasteiger partial charge in [0, 0.05) is 37.0 Å². The number of nitrogens with one attached hydrogen (secondary N) is 1. The highest BCUT2D eigenvalue weighted by molar-refractivity contribution is 5.94. The minimum absolute atomic E-state index is 0.0122. The molecule has 3 rings (SSSR count). The number of amides is 1. The van der Waals surface area contributed by atoms with Gasteiger partial charge < -0.3 is 5.32 Å². The number of hydrogen-bond acceptors (Lipinski definition) is 5. The minimum Gasteiger partial charge on any atom is -0.352 e. The van der Waals surface area contributed by atoms with E-state index >= 15 is 0 Å². The van der Waals surface area contributed by atoms with Crippen LogP contribution in [0.25, 0.3) is 0 Å². The molecule has 1 N–H and O–H groups in total. The molecule has 1 aliphatic heterocycles. The zero-order valence-corrected chi connectivity index (χ0v) is 14.5. The Morgan fingerprint density at radius 1 is 1.19 bits per heavy atom. The number of nitrogens with zero attached hydrogens (tertiary/aromatic N) is 3. The van der Waals surface area contributed by atoms with Crippen molar-refractivity contribution >= 4 is 11.6 Å². The maximum absolute atomic E-state index is 12.2. The van der Waals surface area contributed by atoms with Gasteiger partial charge in [-0.05, 0) is 56.1 Å². The highest BCUT2D eigenvalue weighted by Gasteiger charge is 2.20. The molecule has 1 saturated heterocycles. The van der Waals surface area contributed by atoms with Crippen LogP contribution in [0.15, 0.2) is 48.7 Å². The SMILES string of the molecule is O=C(NCC1CCN(Cc2ccccn2)CC1)c1ccc([N+](=O)[O-])cc1. The Hall–Kier alpha value is -2.80. The van der Waals surface area contributed by atoms with Crippen molar-refractivity contribution in [2.75, 3.05) is 19.6 Å². The first-order valence-electron chi connectivity index (χ1n) is 8.77. The summed E-state index contributed by atoms with van der Waals surface area (Å²) in [6.45, 7) is 3.49. The standard InChI is InChI=1S/C19H22N4O3/c24-19(16-4-6-18(7-5-16)23(25)26)21-13-15-8-11-22(12-9-15)14-17-3-1-2-10-20-17/h1-7,10,15H,8-9,11-14H2,(H,21,24). The Labute approximate surface area is 152 Å². The highest BCUT2D eigenvalue weighted by Crippen LogP contribution is 2.18. The van der Waals surface area contributed by atoms with Gasteiger partial charge in [0.1, 0.15) is 0 Å². The van der Waals surface area contributed by atoms with Gasteiger partial charge in [-0.2, -0.15) is 0 Å². The van der Waals surface area contributed by atoms with Crippen molar-refractivity contribution in [3.63, 3.8) is 0 Å². The maximum Gasteiger partial charge on any atom is 0.269 e. The molecule has 0 aliphatic carbocycles. The fourth-order valence-electron chi connectivity index (χ4n) is 3.14. The van der Waals surface area contributed by atoms with E-state index in [-0.39, 0.29) is 11.6 Å². The first-order valence-corrected chi connectivity index (χ1v) is 8.77. The van der Waals surface area contributed by atoms with Crippen LogP contribution < -0.4 is 5.32 Å². The summed E-state index contributed by atoms with van der Waals surface area (Å²) >= 11 is 0. The number of aromatic nitrogens is 1. The predicted molar refractivity (Wildman–Crippen MR) is 97.7 cm³/mol. The number of hydrogen-bond donors (Lipinski definition) is 1. The van der Waals surface area contributed by atoms with Gasteiger partial charge in [-0.1, -0.05) is 6.07 Å². The maximum atomic E-state index is 12.2. The van der Waals surface area contributed by atoms with Crippen molar-refractivity contribution in [1.82, 2.24) is 15.2 Å². The molecule has 1 aromatic carbocycles. The lowest BCUT2D eigenvalue weighted by Crippen LogP contribution is -2.38. The molecular weight excluding hydrogens is 332 g/mol. The van der Waals surface area contributed by atoms with Gasteiger partial charge in [-0.3, -0.25) is 24.8 Å². The fourth-order valence-corrected chi connectivity index (χ4v) is 3.14. The lowest BCUT2D eigenvalue weighted by atomic mass is 9.96. The lowest BCUT2D eigenvalue weighted by Gasteiger charge is -2.31. The van der Waals surface area contributed by atoms with Crippen molar-refractivity contribution in [1.29, 1.82) is 0 Å². The number of likely N-dealkylation sites (tertiary alicyclic amines) is 1. The van der Waals surface area contributed by atoms with Gasteiger partial charge in [-0.15, -0.1) is 0 Å². The number of non-ortho nitro benzene ring substituents is 1. The number of nitro benzene ring substituents is 1. The highest BCUT2D eigenvalue weighted by atomic mass is 16.6. The molecule has 26 heavy (non-hydrogen) atoms. The van der Waals surface area contributed by atoms with Crippen LogP contribution >= 0.6 is 0 Å². The normalized spacial score (nSPS) is 15.5. The summed E-state index contributed by atoms with van der Waals surface area (Å²) < 4.78 is 0. The molecule has 2 heterocycles. The van der Waals surface area contributed by atoms with Crippen molar-refractivity contribution in [3.8, 4) is 0 Å². The molecule has 7 heteroatoms. The Bertz CT molecular complexity index is 741. The van der Waals surface area contributed by atoms with Crippen molar-refractivity contribution in [3.05, 3.63) is 70.0 Å². The second-order valence-corrected chi connectivity index (χ2v) is 6.55. The topological polar surface area (TPSA) is 88.4 Å². The number of carbonyl (C=O) groups is 1. The van der Waals surface area contributed by atoms with E-state index in [0.29, 0.717) is 18.0 Å². The van der Waals surface area contributed by atoms with E-state index in [1.54, 1.807) is 0 Å². The molecule has 0 radical (unpaired) electrons. The summed E-state index contributed by atoms with van der Waals surface area (Å²) in [5, 5.41) is 13.6. The molecule has 0 bridgehead atoms. The van der Waals surface area contributed by atoms with Crippen LogP contribution in [0.1, 0.15) is 28.9 Å². The minimum atomic E-state index is -0.472. The third kappa shape index (κ3) is 4.86. The molecule has 0 saturated carbocycles. The smallest absolute Gasteiger partial charge is 0.269 e. The van der Waals surface area contributed by atoms with E-state index in [0.717, 1.165) is 38.2 Å². The largest absolute Gasteiger partial charge is 0.352 e. The first-order chi connectivity index (χ1) is 12.6. The first kappa shape index (κ1) is 18.0. The van der Waals surface area contributed by atoms with E-state index in [1.165, 1.54) is 24.3 Å². The lowest BCUT2D eigenvalue weighted by molar-refractivity contribution is -0.384. The third-order valence-electron chi connectivity index (χ3n) is 4.71. The van der Waals surface area contributed by atoms with Crippen molar-refractivity contribution < 1.29 is 9.72 Å². The quantitative estimate of drug-likeness (QED) is 0.636. The summed E-state index contributed by atoms with van der Waals surface area (Å²) in [5.74, 6) is 0.271. The number of rotatable bonds is 6. The van der Waals surface area contributed by atoms with Crippen molar-refractivity contribution in [2.45, 2.75) is 19.4 Å². The number of carbonyl (C=O) groups excluding carboxylic acids is 1. The number of pyridine rings is 1. The summed E-state index contributed by atoms with van der Waals surface area (Å²) in [7, 11) is 0. The molecule has 136 valence electrons. The molecule has 1 aromatic heterocycles. The van der Waals surface area contributed by atoms with Crippen LogP contribution in [0.2, 0.25) is 0 Å². The van der Waals surface area contributed by atoms with Gasteiger partial charge in [0.25, 0.3) is 11.6 Å². The summed E-state index contributed by atoms with van der Waals surface area (Å²) in [6.07, 6.45) is 3.89. The van der Waals surface area contributed by atoms with Crippen LogP contribution in [-0.2, 0) is 6.54 Å². The molecule has 0 unspecified atom stereocenters. The molecule has 2 aromatic rings. The number of nitro groups is 1. The van der Waals surface area contributed by atoms with Crippen molar-refractivity contribution in [2.24, 2.45) is 5.92 Å². The molecule has 1 amide bonds. The van der Waals surface area contributed by atoms with Crippen LogP contribution in [0.3, 0.4) is 0 Å². The molecule has 0 atom stereocenters. The fraction of sp³-hybridized carbons (Fsp3) is 0.368. The van der Waals surface area contributed by atoms with E-state index in [9.17, 15) is 14.9 Å². The zero-order chi connectivity index (χ0) is 18.4. The monoisotopic (exact) mass is 354 g/mol. The second-order valence-electron chi connectivity index (χ2n) is 6.55. The summed E-state index contributed by atoms with van der Waals surface area (Å²) in [6, 6.07) is 11.6. The number of piperidine rings is 1. The van der Waals surface area contributed by atoms with E-state index in [2.05, 4.69) is 15.2 Å². The molecule has 1 fully saturated rings. The average Bonchev–Trinajstić information content (AvgIpc) is 2.68. The molecular formula is C19H22N4O3. The molecule has 0 spiro atoms. The Kier molecular flexibility index (Phi) is 5.91. The zero-order valence-electron chi connectivity index (χ0n) is 14.5. The van der Waals surface area contributed by atoms with Crippen LogP contribution in [-0.4, -0.2) is 40.3 Å². The van der Waals surface area contributed by atoms with E-state index < -0.39 is 4.92 Å². The van der Waals surface area contributed by atoms with E-state index in [1.807, 2.05) is 24.4 Å². The second kappa shape index (κ2) is 8.53. The van der Waals surface area contributed by atoms with Gasteiger partial charge in [-0.25, -0.2) is 0 Å².